The molecule has 2 rings (SSSR count). The predicted octanol–water partition coefficient (Wildman–Crippen LogP) is 0.696. The second kappa shape index (κ2) is 5.20. The number of hydrogen-bond donors (Lipinski definition) is 2. The number of carbonyl (C=O) groups is 1. The molecule has 0 saturated heterocycles. The van der Waals surface area contributed by atoms with Crippen LogP contribution in [0.5, 0.6) is 0 Å². The zero-order valence-corrected chi connectivity index (χ0v) is 12.5. The fourth-order valence-corrected chi connectivity index (χ4v) is 2.83. The van der Waals surface area contributed by atoms with Gasteiger partial charge in [0.15, 0.2) is 0 Å². The lowest BCUT2D eigenvalue weighted by Gasteiger charge is -2.09. The molecule has 9 nitrogen and oxygen atoms in total. The third kappa shape index (κ3) is 2.89. The van der Waals surface area contributed by atoms with E-state index in [4.69, 9.17) is 5.11 Å². The van der Waals surface area contributed by atoms with Gasteiger partial charge in [0.2, 0.25) is 5.95 Å². The van der Waals surface area contributed by atoms with Gasteiger partial charge in [-0.05, 0) is 19.9 Å². The standard InChI is InChI=1S/C11H15N5O4S/c1-7(2)16-5-8(4-9(16)10(17)18)21(19,20)14-11-12-6-13-15(11)3/h4-7H,1-3H3,(H,17,18)(H,12,13,14). The lowest BCUT2D eigenvalue weighted by molar-refractivity contribution is 0.0683. The first-order valence-corrected chi connectivity index (χ1v) is 7.52. The summed E-state index contributed by atoms with van der Waals surface area (Å²) in [6.07, 6.45) is 2.49. The second-order valence-corrected chi connectivity index (χ2v) is 6.36. The smallest absolute Gasteiger partial charge is 0.352 e. The van der Waals surface area contributed by atoms with Crippen molar-refractivity contribution < 1.29 is 18.3 Å². The molecule has 2 heterocycles. The van der Waals surface area contributed by atoms with E-state index >= 15 is 0 Å². The topological polar surface area (TPSA) is 119 Å². The molecule has 10 heteroatoms. The van der Waals surface area contributed by atoms with Crippen molar-refractivity contribution in [2.45, 2.75) is 24.8 Å². The van der Waals surface area contributed by atoms with Crippen LogP contribution in [0, 0.1) is 0 Å². The molecule has 0 radical (unpaired) electrons. The minimum Gasteiger partial charge on any atom is -0.477 e. The molecule has 21 heavy (non-hydrogen) atoms. The Labute approximate surface area is 121 Å². The van der Waals surface area contributed by atoms with Crippen molar-refractivity contribution in [3.63, 3.8) is 0 Å². The summed E-state index contributed by atoms with van der Waals surface area (Å²) in [4.78, 5) is 14.8. The first kappa shape index (κ1) is 15.0. The summed E-state index contributed by atoms with van der Waals surface area (Å²) in [6.45, 7) is 3.53. The van der Waals surface area contributed by atoms with Gasteiger partial charge in [-0.2, -0.15) is 10.1 Å². The minimum absolute atomic E-state index is 0.0455. The Morgan fingerprint density at radius 3 is 2.52 bits per heavy atom. The normalized spacial score (nSPS) is 11.8. The molecule has 2 aromatic rings. The van der Waals surface area contributed by atoms with Gasteiger partial charge < -0.3 is 9.67 Å². The van der Waals surface area contributed by atoms with Gasteiger partial charge in [-0.25, -0.2) is 22.6 Å². The predicted molar refractivity (Wildman–Crippen MR) is 73.6 cm³/mol. The van der Waals surface area contributed by atoms with E-state index in [2.05, 4.69) is 14.8 Å². The number of nitrogens with zero attached hydrogens (tertiary/aromatic N) is 4. The van der Waals surface area contributed by atoms with Crippen LogP contribution in [0.3, 0.4) is 0 Å². The van der Waals surface area contributed by atoms with Crippen molar-refractivity contribution in [1.29, 1.82) is 0 Å². The van der Waals surface area contributed by atoms with Gasteiger partial charge in [-0.3, -0.25) is 0 Å². The highest BCUT2D eigenvalue weighted by Crippen LogP contribution is 2.20. The first-order chi connectivity index (χ1) is 9.72. The highest BCUT2D eigenvalue weighted by molar-refractivity contribution is 7.92. The summed E-state index contributed by atoms with van der Waals surface area (Å²) < 4.78 is 29.4. The quantitative estimate of drug-likeness (QED) is 0.838. The summed E-state index contributed by atoms with van der Waals surface area (Å²) in [5.74, 6) is -1.15. The van der Waals surface area contributed by atoms with E-state index in [0.717, 1.165) is 6.07 Å². The molecule has 0 aliphatic heterocycles. The van der Waals surface area contributed by atoms with Crippen LogP contribution in [0.25, 0.3) is 0 Å². The van der Waals surface area contributed by atoms with Crippen molar-refractivity contribution in [3.05, 3.63) is 24.3 Å². The maximum atomic E-state index is 12.3. The number of sulfonamides is 1. The largest absolute Gasteiger partial charge is 0.477 e. The Morgan fingerprint density at radius 1 is 1.43 bits per heavy atom. The molecule has 0 saturated carbocycles. The highest BCUT2D eigenvalue weighted by Gasteiger charge is 2.23. The number of carboxylic acids is 1. The van der Waals surface area contributed by atoms with Crippen molar-refractivity contribution in [1.82, 2.24) is 19.3 Å². The van der Waals surface area contributed by atoms with Gasteiger partial charge >= 0.3 is 5.97 Å². The van der Waals surface area contributed by atoms with Gasteiger partial charge in [0.1, 0.15) is 16.9 Å². The molecule has 2 N–H and O–H groups in total. The van der Waals surface area contributed by atoms with E-state index < -0.39 is 16.0 Å². The van der Waals surface area contributed by atoms with E-state index in [9.17, 15) is 13.2 Å². The Balaban J connectivity index is 2.43. The zero-order valence-electron chi connectivity index (χ0n) is 11.7. The first-order valence-electron chi connectivity index (χ1n) is 6.04. The number of aromatic carboxylic acids is 1. The number of aryl methyl sites for hydroxylation is 1. The number of rotatable bonds is 5. The molecule has 0 aliphatic carbocycles. The summed E-state index contributed by atoms with van der Waals surface area (Å²) in [7, 11) is -2.40. The van der Waals surface area contributed by atoms with E-state index in [1.165, 1.54) is 28.8 Å². The molecule has 0 atom stereocenters. The maximum Gasteiger partial charge on any atom is 0.352 e. The molecule has 0 amide bonds. The fourth-order valence-electron chi connectivity index (χ4n) is 1.77. The van der Waals surface area contributed by atoms with Crippen molar-refractivity contribution in [3.8, 4) is 0 Å². The van der Waals surface area contributed by atoms with Crippen LogP contribution < -0.4 is 4.72 Å². The van der Waals surface area contributed by atoms with Gasteiger partial charge in [0, 0.05) is 19.3 Å². The molecule has 0 unspecified atom stereocenters. The summed E-state index contributed by atoms with van der Waals surface area (Å²) in [5, 5.41) is 12.9. The molecule has 114 valence electrons. The maximum absolute atomic E-state index is 12.3. The van der Waals surface area contributed by atoms with E-state index in [1.54, 1.807) is 13.8 Å². The number of hydrogen-bond acceptors (Lipinski definition) is 5. The van der Waals surface area contributed by atoms with E-state index in [0.29, 0.717) is 0 Å². The van der Waals surface area contributed by atoms with Gasteiger partial charge in [0.05, 0.1) is 0 Å². The van der Waals surface area contributed by atoms with Crippen LogP contribution in [0.1, 0.15) is 30.4 Å². The number of aromatic nitrogens is 4. The summed E-state index contributed by atoms with van der Waals surface area (Å²) in [5.41, 5.74) is -0.0941. The molecular weight excluding hydrogens is 298 g/mol. The molecule has 0 aromatic carbocycles. The third-order valence-corrected chi connectivity index (χ3v) is 4.14. The second-order valence-electron chi connectivity index (χ2n) is 4.68. The van der Waals surface area contributed by atoms with E-state index in [1.807, 2.05) is 0 Å². The molecule has 0 spiro atoms. The average molecular weight is 313 g/mol. The van der Waals surface area contributed by atoms with Crippen LogP contribution in [0.4, 0.5) is 5.95 Å². The van der Waals surface area contributed by atoms with Crippen LogP contribution in [0.15, 0.2) is 23.5 Å². The van der Waals surface area contributed by atoms with Gasteiger partial charge in [-0.1, -0.05) is 0 Å². The van der Waals surface area contributed by atoms with Gasteiger partial charge in [0.25, 0.3) is 10.0 Å². The lowest BCUT2D eigenvalue weighted by atomic mass is 10.3. The summed E-state index contributed by atoms with van der Waals surface area (Å²) in [6, 6.07) is 0.927. The Bertz CT molecular complexity index is 774. The Kier molecular flexibility index (Phi) is 3.73. The zero-order chi connectivity index (χ0) is 15.8. The summed E-state index contributed by atoms with van der Waals surface area (Å²) >= 11 is 0. The minimum atomic E-state index is -3.93. The molecular formula is C11H15N5O4S. The lowest BCUT2D eigenvalue weighted by Crippen LogP contribution is -2.15. The average Bonchev–Trinajstić information content (AvgIpc) is 2.96. The molecule has 0 fully saturated rings. The number of carboxylic acid groups (broad SMARTS) is 1. The van der Waals surface area contributed by atoms with Crippen molar-refractivity contribution in [2.75, 3.05) is 4.72 Å². The van der Waals surface area contributed by atoms with Gasteiger partial charge in [-0.15, -0.1) is 0 Å². The number of nitrogens with one attached hydrogen (secondary N) is 1. The van der Waals surface area contributed by atoms with Crippen molar-refractivity contribution in [2.24, 2.45) is 7.05 Å². The molecule has 0 bridgehead atoms. The third-order valence-electron chi connectivity index (χ3n) is 2.85. The Hall–Kier alpha value is -2.36. The highest BCUT2D eigenvalue weighted by atomic mass is 32.2. The number of anilines is 1. The van der Waals surface area contributed by atoms with Crippen molar-refractivity contribution >= 4 is 21.9 Å². The SMILES string of the molecule is CC(C)n1cc(S(=O)(=O)Nc2ncnn2C)cc1C(=O)O. The molecule has 0 aliphatic rings. The van der Waals surface area contributed by atoms with Crippen LogP contribution in [-0.2, 0) is 17.1 Å². The van der Waals surface area contributed by atoms with Crippen LogP contribution >= 0.6 is 0 Å². The monoisotopic (exact) mass is 313 g/mol. The van der Waals surface area contributed by atoms with Crippen LogP contribution in [0.2, 0.25) is 0 Å². The van der Waals surface area contributed by atoms with Crippen LogP contribution in [-0.4, -0.2) is 38.8 Å². The fraction of sp³-hybridized carbons (Fsp3) is 0.364. The molecule has 2 aromatic heterocycles. The Morgan fingerprint density at radius 2 is 2.10 bits per heavy atom. The van der Waals surface area contributed by atoms with E-state index in [-0.39, 0.29) is 22.6 Å².